The lowest BCUT2D eigenvalue weighted by molar-refractivity contribution is -0.135. The number of nitrogens with zero attached hydrogens (tertiary/aromatic N) is 4. The van der Waals surface area contributed by atoms with Crippen molar-refractivity contribution in [3.05, 3.63) is 36.2 Å². The van der Waals surface area contributed by atoms with Gasteiger partial charge in [0.15, 0.2) is 5.82 Å². The smallest absolute Gasteiger partial charge is 0.317 e. The number of hydrogen-bond donors (Lipinski definition) is 1. The number of carbonyl (C=O) groups excluding carboxylic acids is 2. The predicted octanol–water partition coefficient (Wildman–Crippen LogP) is 1.13. The molecule has 1 aromatic heterocycles. The van der Waals surface area contributed by atoms with Crippen LogP contribution in [-0.2, 0) is 16.1 Å². The number of nitrogens with one attached hydrogen (secondary N) is 1. The van der Waals surface area contributed by atoms with Crippen LogP contribution in [-0.4, -0.2) is 71.8 Å². The monoisotopic (exact) mass is 373 g/mol. The number of aromatic nitrogens is 2. The van der Waals surface area contributed by atoms with E-state index < -0.39 is 0 Å². The van der Waals surface area contributed by atoms with Gasteiger partial charge in [0.05, 0.1) is 6.54 Å². The van der Waals surface area contributed by atoms with Crippen molar-refractivity contribution in [3.8, 4) is 11.5 Å². The summed E-state index contributed by atoms with van der Waals surface area (Å²) in [6.07, 6.45) is 0.725. The lowest BCUT2D eigenvalue weighted by Crippen LogP contribution is -2.42. The lowest BCUT2D eigenvalue weighted by atomic mass is 10.2. The number of methoxy groups -OCH3 is 1. The molecule has 1 aliphatic heterocycles. The second kappa shape index (κ2) is 9.13. The van der Waals surface area contributed by atoms with Gasteiger partial charge < -0.3 is 24.4 Å². The van der Waals surface area contributed by atoms with Crippen LogP contribution in [0.3, 0.4) is 0 Å². The summed E-state index contributed by atoms with van der Waals surface area (Å²) in [5, 5.41) is 6.70. The number of carbonyl (C=O) groups is 2. The fourth-order valence-corrected chi connectivity index (χ4v) is 2.87. The number of hydrogen-bond acceptors (Lipinski definition) is 6. The molecule has 9 nitrogen and oxygen atoms in total. The molecule has 0 aliphatic carbocycles. The summed E-state index contributed by atoms with van der Waals surface area (Å²) >= 11 is 0. The van der Waals surface area contributed by atoms with Crippen molar-refractivity contribution in [3.63, 3.8) is 0 Å². The van der Waals surface area contributed by atoms with Crippen LogP contribution in [0.1, 0.15) is 12.2 Å². The van der Waals surface area contributed by atoms with Crippen LogP contribution in [0.4, 0.5) is 4.79 Å². The van der Waals surface area contributed by atoms with E-state index in [-0.39, 0.29) is 25.1 Å². The minimum absolute atomic E-state index is 0.0556. The maximum Gasteiger partial charge on any atom is 0.317 e. The van der Waals surface area contributed by atoms with E-state index in [0.717, 1.165) is 12.0 Å². The van der Waals surface area contributed by atoms with Crippen LogP contribution < -0.4 is 5.32 Å². The van der Waals surface area contributed by atoms with Crippen LogP contribution >= 0.6 is 0 Å². The average Bonchev–Trinajstić information content (AvgIpc) is 3.03. The number of amides is 3. The van der Waals surface area contributed by atoms with Crippen molar-refractivity contribution < 1.29 is 18.8 Å². The Bertz CT molecular complexity index is 764. The molecule has 9 heteroatoms. The van der Waals surface area contributed by atoms with E-state index in [1.54, 1.807) is 9.80 Å². The Hall–Kier alpha value is -2.94. The van der Waals surface area contributed by atoms with Crippen LogP contribution in [0.5, 0.6) is 0 Å². The van der Waals surface area contributed by atoms with Crippen molar-refractivity contribution in [1.29, 1.82) is 0 Å². The highest BCUT2D eigenvalue weighted by Crippen LogP contribution is 2.15. The molecule has 0 bridgehead atoms. The van der Waals surface area contributed by atoms with E-state index >= 15 is 0 Å². The van der Waals surface area contributed by atoms with Gasteiger partial charge in [-0.2, -0.15) is 4.98 Å². The second-order valence-corrected chi connectivity index (χ2v) is 6.19. The molecule has 3 amide bonds. The van der Waals surface area contributed by atoms with Crippen molar-refractivity contribution >= 4 is 11.9 Å². The van der Waals surface area contributed by atoms with Gasteiger partial charge in [-0.3, -0.25) is 4.79 Å². The van der Waals surface area contributed by atoms with Gasteiger partial charge in [0.2, 0.25) is 5.91 Å². The molecule has 3 rings (SSSR count). The molecule has 0 saturated carbocycles. The van der Waals surface area contributed by atoms with Crippen LogP contribution in [0.15, 0.2) is 34.9 Å². The summed E-state index contributed by atoms with van der Waals surface area (Å²) in [6.45, 7) is 2.42. The van der Waals surface area contributed by atoms with Crippen molar-refractivity contribution in [2.24, 2.45) is 0 Å². The third-order valence-corrected chi connectivity index (χ3v) is 4.29. The molecule has 0 spiro atoms. The van der Waals surface area contributed by atoms with Gasteiger partial charge in [-0.15, -0.1) is 0 Å². The van der Waals surface area contributed by atoms with Crippen LogP contribution in [0, 0.1) is 0 Å². The highest BCUT2D eigenvalue weighted by atomic mass is 16.5. The van der Waals surface area contributed by atoms with Gasteiger partial charge in [0.25, 0.3) is 5.89 Å². The molecule has 1 aromatic carbocycles. The van der Waals surface area contributed by atoms with Crippen LogP contribution in [0.25, 0.3) is 11.5 Å². The summed E-state index contributed by atoms with van der Waals surface area (Å²) < 4.78 is 10.1. The average molecular weight is 373 g/mol. The van der Waals surface area contributed by atoms with Gasteiger partial charge >= 0.3 is 6.03 Å². The Labute approximate surface area is 157 Å². The number of ether oxygens (including phenoxy) is 1. The van der Waals surface area contributed by atoms with E-state index in [9.17, 15) is 9.59 Å². The zero-order valence-corrected chi connectivity index (χ0v) is 15.3. The SMILES string of the molecule is COCC(=O)N1CCCN(C(=O)NCc2noc(-c3ccccc3)n2)CC1. The molecule has 27 heavy (non-hydrogen) atoms. The molecule has 1 fully saturated rings. The highest BCUT2D eigenvalue weighted by molar-refractivity contribution is 5.78. The topological polar surface area (TPSA) is 101 Å². The summed E-state index contributed by atoms with van der Waals surface area (Å²) in [6, 6.07) is 9.24. The van der Waals surface area contributed by atoms with Gasteiger partial charge in [-0.1, -0.05) is 23.4 Å². The van der Waals surface area contributed by atoms with Gasteiger partial charge in [-0.05, 0) is 18.6 Å². The van der Waals surface area contributed by atoms with Crippen molar-refractivity contribution in [2.45, 2.75) is 13.0 Å². The van der Waals surface area contributed by atoms with Gasteiger partial charge in [0, 0.05) is 38.9 Å². The Kier molecular flexibility index (Phi) is 6.37. The zero-order valence-electron chi connectivity index (χ0n) is 15.3. The molecule has 1 aliphatic rings. The second-order valence-electron chi connectivity index (χ2n) is 6.19. The Morgan fingerprint density at radius 3 is 2.67 bits per heavy atom. The van der Waals surface area contributed by atoms with Crippen LogP contribution in [0.2, 0.25) is 0 Å². The van der Waals surface area contributed by atoms with E-state index in [0.29, 0.717) is 37.9 Å². The molecule has 0 unspecified atom stereocenters. The first-order valence-electron chi connectivity index (χ1n) is 8.85. The lowest BCUT2D eigenvalue weighted by Gasteiger charge is -2.22. The summed E-state index contributed by atoms with van der Waals surface area (Å²) in [5.41, 5.74) is 0.830. The Morgan fingerprint density at radius 2 is 1.89 bits per heavy atom. The molecule has 2 heterocycles. The fraction of sp³-hybridized carbons (Fsp3) is 0.444. The summed E-state index contributed by atoms with van der Waals surface area (Å²) in [4.78, 5) is 32.0. The molecular formula is C18H23N5O4. The van der Waals surface area contributed by atoms with E-state index in [1.165, 1.54) is 7.11 Å². The van der Waals surface area contributed by atoms with E-state index in [2.05, 4.69) is 15.5 Å². The Balaban J connectivity index is 1.49. The third kappa shape index (κ3) is 5.04. The van der Waals surface area contributed by atoms with Crippen molar-refractivity contribution in [2.75, 3.05) is 39.9 Å². The summed E-state index contributed by atoms with van der Waals surface area (Å²) in [7, 11) is 1.50. The number of urea groups is 1. The zero-order chi connectivity index (χ0) is 19.1. The predicted molar refractivity (Wildman–Crippen MR) is 96.6 cm³/mol. The normalized spacial score (nSPS) is 14.7. The third-order valence-electron chi connectivity index (χ3n) is 4.29. The first kappa shape index (κ1) is 18.8. The first-order chi connectivity index (χ1) is 13.2. The maximum absolute atomic E-state index is 12.4. The summed E-state index contributed by atoms with van der Waals surface area (Å²) in [5.74, 6) is 0.774. The molecular weight excluding hydrogens is 350 g/mol. The molecule has 1 saturated heterocycles. The molecule has 0 radical (unpaired) electrons. The fourth-order valence-electron chi connectivity index (χ4n) is 2.87. The standard InChI is InChI=1S/C18H23N5O4/c1-26-13-16(24)22-8-5-9-23(11-10-22)18(25)19-12-15-20-17(27-21-15)14-6-3-2-4-7-14/h2-4,6-7H,5,8-13H2,1H3,(H,19,25). The minimum atomic E-state index is -0.206. The number of benzene rings is 1. The molecule has 2 aromatic rings. The quantitative estimate of drug-likeness (QED) is 0.843. The van der Waals surface area contributed by atoms with E-state index in [1.807, 2.05) is 30.3 Å². The maximum atomic E-state index is 12.4. The van der Waals surface area contributed by atoms with E-state index in [4.69, 9.17) is 9.26 Å². The highest BCUT2D eigenvalue weighted by Gasteiger charge is 2.22. The van der Waals surface area contributed by atoms with Gasteiger partial charge in [0.1, 0.15) is 6.61 Å². The first-order valence-corrected chi connectivity index (χ1v) is 8.85. The molecule has 0 atom stereocenters. The molecule has 144 valence electrons. The largest absolute Gasteiger partial charge is 0.375 e. The van der Waals surface area contributed by atoms with Gasteiger partial charge in [-0.25, -0.2) is 4.79 Å². The number of rotatable bonds is 5. The Morgan fingerprint density at radius 1 is 1.15 bits per heavy atom. The minimum Gasteiger partial charge on any atom is -0.375 e. The van der Waals surface area contributed by atoms with Crippen molar-refractivity contribution in [1.82, 2.24) is 25.3 Å². The molecule has 1 N–H and O–H groups in total.